The van der Waals surface area contributed by atoms with Gasteiger partial charge in [-0.1, -0.05) is 0 Å². The van der Waals surface area contributed by atoms with E-state index in [1.54, 1.807) is 29.7 Å². The molecule has 1 fully saturated rings. The van der Waals surface area contributed by atoms with Gasteiger partial charge in [0, 0.05) is 17.3 Å². The molecule has 1 aliphatic carbocycles. The molecule has 3 rings (SSSR count). The average Bonchev–Trinajstić information content (AvgIpc) is 2.65. The van der Waals surface area contributed by atoms with Gasteiger partial charge in [0.15, 0.2) is 11.6 Å². The number of nitrogens with zero attached hydrogens (tertiary/aromatic N) is 4. The first kappa shape index (κ1) is 17.8. The van der Waals surface area contributed by atoms with Crippen LogP contribution in [0.15, 0.2) is 45.9 Å². The number of aromatic nitrogens is 4. The van der Waals surface area contributed by atoms with Crippen molar-refractivity contribution in [3.05, 3.63) is 47.3 Å². The molecule has 2 heterocycles. The summed E-state index contributed by atoms with van der Waals surface area (Å²) in [6.07, 6.45) is 13.3. The highest BCUT2D eigenvalue weighted by Crippen LogP contribution is 2.27. The number of ketones is 1. The average molecular weight is 371 g/mol. The van der Waals surface area contributed by atoms with E-state index in [-0.39, 0.29) is 5.78 Å². The molecule has 0 radical (unpaired) electrons. The van der Waals surface area contributed by atoms with Gasteiger partial charge in [-0.25, -0.2) is 19.9 Å². The molecule has 1 saturated carbocycles. The predicted molar refractivity (Wildman–Crippen MR) is 102 cm³/mol. The Balaban J connectivity index is 1.87. The van der Waals surface area contributed by atoms with E-state index >= 15 is 0 Å². The topological polar surface area (TPSA) is 68.6 Å². The largest absolute Gasteiger partial charge is 0.289 e. The molecule has 0 saturated heterocycles. The van der Waals surface area contributed by atoms with Gasteiger partial charge in [-0.3, -0.25) is 4.79 Å². The van der Waals surface area contributed by atoms with Crippen LogP contribution < -0.4 is 0 Å². The van der Waals surface area contributed by atoms with Crippen molar-refractivity contribution in [3.63, 3.8) is 0 Å². The molecular formula is C18H18N4OS2. The fraction of sp³-hybridized carbons (Fsp3) is 0.278. The van der Waals surface area contributed by atoms with Crippen molar-refractivity contribution >= 4 is 41.5 Å². The fourth-order valence-corrected chi connectivity index (χ4v) is 3.37. The Morgan fingerprint density at radius 2 is 1.76 bits per heavy atom. The summed E-state index contributed by atoms with van der Waals surface area (Å²) in [5, 5.41) is 1.79. The lowest BCUT2D eigenvalue weighted by Crippen LogP contribution is -2.12. The highest BCUT2D eigenvalue weighted by atomic mass is 32.2. The maximum Gasteiger partial charge on any atom is 0.185 e. The molecule has 128 valence electrons. The van der Waals surface area contributed by atoms with Gasteiger partial charge in [0.25, 0.3) is 0 Å². The van der Waals surface area contributed by atoms with Crippen LogP contribution >= 0.6 is 23.5 Å². The summed E-state index contributed by atoms with van der Waals surface area (Å²) in [5.74, 6) is 0.650. The maximum absolute atomic E-state index is 12.8. The quantitative estimate of drug-likeness (QED) is 0.459. The number of Topliss-reactive ketones (excluding diaryl/α,β-unsaturated/α-hetero) is 1. The highest BCUT2D eigenvalue weighted by Gasteiger charge is 2.21. The van der Waals surface area contributed by atoms with Crippen LogP contribution in [-0.2, 0) is 4.79 Å². The van der Waals surface area contributed by atoms with E-state index in [2.05, 4.69) is 19.9 Å². The van der Waals surface area contributed by atoms with E-state index in [1.165, 1.54) is 6.33 Å². The summed E-state index contributed by atoms with van der Waals surface area (Å²) in [6.45, 7) is 0. The number of carbonyl (C=O) groups is 1. The molecular weight excluding hydrogens is 352 g/mol. The number of carbonyl (C=O) groups excluding carboxylic acids is 1. The van der Waals surface area contributed by atoms with Crippen LogP contribution in [0.2, 0.25) is 0 Å². The van der Waals surface area contributed by atoms with Crippen molar-refractivity contribution in [2.75, 3.05) is 12.5 Å². The van der Waals surface area contributed by atoms with Gasteiger partial charge in [-0.15, -0.1) is 23.5 Å². The molecule has 0 spiro atoms. The van der Waals surface area contributed by atoms with Crippen molar-refractivity contribution in [2.24, 2.45) is 0 Å². The van der Waals surface area contributed by atoms with Crippen molar-refractivity contribution in [1.29, 1.82) is 0 Å². The Bertz CT molecular complexity index is 781. The van der Waals surface area contributed by atoms with E-state index in [4.69, 9.17) is 0 Å². The second kappa shape index (κ2) is 8.40. The molecule has 2 aromatic rings. The molecule has 0 unspecified atom stereocenters. The molecule has 0 aliphatic heterocycles. The van der Waals surface area contributed by atoms with E-state index in [1.807, 2.05) is 36.8 Å². The van der Waals surface area contributed by atoms with Gasteiger partial charge in [-0.2, -0.15) is 0 Å². The standard InChI is InChI=1S/C18H18N4OS2/c1-24-16-6-7-19-15(22-16)9-13-5-3-4-12(18(13)23)8-14-10-17(25-2)21-11-20-14/h6-11H,3-5H2,1-2H3. The van der Waals surface area contributed by atoms with E-state index in [0.29, 0.717) is 5.82 Å². The number of rotatable bonds is 4. The summed E-state index contributed by atoms with van der Waals surface area (Å²) in [5.41, 5.74) is 2.31. The molecule has 1 aliphatic rings. The van der Waals surface area contributed by atoms with Crippen molar-refractivity contribution in [3.8, 4) is 0 Å². The molecule has 7 heteroatoms. The Labute approximate surface area is 155 Å². The summed E-state index contributed by atoms with van der Waals surface area (Å²) in [4.78, 5) is 29.9. The molecule has 25 heavy (non-hydrogen) atoms. The van der Waals surface area contributed by atoms with Crippen LogP contribution in [0.1, 0.15) is 30.8 Å². The van der Waals surface area contributed by atoms with Crippen molar-refractivity contribution in [1.82, 2.24) is 19.9 Å². The summed E-state index contributed by atoms with van der Waals surface area (Å²) in [6, 6.07) is 3.76. The molecule has 0 aromatic carbocycles. The first-order chi connectivity index (χ1) is 12.2. The lowest BCUT2D eigenvalue weighted by atomic mass is 9.88. The molecule has 2 aromatic heterocycles. The third-order valence-corrected chi connectivity index (χ3v) is 5.12. The summed E-state index contributed by atoms with van der Waals surface area (Å²) < 4.78 is 0. The van der Waals surface area contributed by atoms with Gasteiger partial charge >= 0.3 is 0 Å². The smallest absolute Gasteiger partial charge is 0.185 e. The first-order valence-electron chi connectivity index (χ1n) is 7.88. The van der Waals surface area contributed by atoms with Crippen LogP contribution in [0.4, 0.5) is 0 Å². The van der Waals surface area contributed by atoms with Crippen LogP contribution in [0.3, 0.4) is 0 Å². The van der Waals surface area contributed by atoms with Gasteiger partial charge in [0.05, 0.1) is 15.7 Å². The summed E-state index contributed by atoms with van der Waals surface area (Å²) >= 11 is 3.12. The van der Waals surface area contributed by atoms with Crippen molar-refractivity contribution in [2.45, 2.75) is 29.3 Å². The van der Waals surface area contributed by atoms with E-state index in [0.717, 1.165) is 46.2 Å². The number of allylic oxidation sites excluding steroid dienone is 2. The van der Waals surface area contributed by atoms with Crippen LogP contribution in [0.5, 0.6) is 0 Å². The zero-order valence-electron chi connectivity index (χ0n) is 14.1. The molecule has 5 nitrogen and oxygen atoms in total. The van der Waals surface area contributed by atoms with Crippen LogP contribution in [-0.4, -0.2) is 38.2 Å². The molecule has 0 atom stereocenters. The number of hydrogen-bond donors (Lipinski definition) is 0. The monoisotopic (exact) mass is 370 g/mol. The highest BCUT2D eigenvalue weighted by molar-refractivity contribution is 7.98. The Hall–Kier alpha value is -1.99. The van der Waals surface area contributed by atoms with Gasteiger partial charge in [0.2, 0.25) is 0 Å². The molecule has 0 amide bonds. The maximum atomic E-state index is 12.8. The number of thioether (sulfide) groups is 2. The zero-order chi connectivity index (χ0) is 17.6. The normalized spacial score (nSPS) is 18.1. The minimum Gasteiger partial charge on any atom is -0.289 e. The van der Waals surface area contributed by atoms with Gasteiger partial charge < -0.3 is 0 Å². The predicted octanol–water partition coefficient (Wildman–Crippen LogP) is 3.93. The van der Waals surface area contributed by atoms with Crippen molar-refractivity contribution < 1.29 is 4.79 Å². The summed E-state index contributed by atoms with van der Waals surface area (Å²) in [7, 11) is 0. The fourth-order valence-electron chi connectivity index (χ4n) is 2.60. The van der Waals surface area contributed by atoms with E-state index in [9.17, 15) is 4.79 Å². The van der Waals surface area contributed by atoms with Gasteiger partial charge in [-0.05, 0) is 56.1 Å². The lowest BCUT2D eigenvalue weighted by Gasteiger charge is -2.16. The first-order valence-corrected chi connectivity index (χ1v) is 10.3. The SMILES string of the molecule is CSc1cc(C=C2CCCC(=Cc3nccc(SC)n3)C2=O)ncn1. The molecule has 0 bridgehead atoms. The number of hydrogen-bond acceptors (Lipinski definition) is 7. The minimum absolute atomic E-state index is 0.0636. The Morgan fingerprint density at radius 1 is 1.00 bits per heavy atom. The van der Waals surface area contributed by atoms with Crippen LogP contribution in [0.25, 0.3) is 12.2 Å². The second-order valence-electron chi connectivity index (χ2n) is 5.46. The molecule has 0 N–H and O–H groups in total. The third-order valence-electron chi connectivity index (χ3n) is 3.83. The minimum atomic E-state index is 0.0636. The van der Waals surface area contributed by atoms with E-state index < -0.39 is 0 Å². The zero-order valence-corrected chi connectivity index (χ0v) is 15.7. The lowest BCUT2D eigenvalue weighted by molar-refractivity contribution is -0.112. The Kier molecular flexibility index (Phi) is 5.99. The Morgan fingerprint density at radius 3 is 2.52 bits per heavy atom. The van der Waals surface area contributed by atoms with Gasteiger partial charge in [0.1, 0.15) is 6.33 Å². The third kappa shape index (κ3) is 4.55. The van der Waals surface area contributed by atoms with Crippen LogP contribution in [0, 0.1) is 0 Å². The second-order valence-corrected chi connectivity index (χ2v) is 7.12.